The van der Waals surface area contributed by atoms with E-state index in [4.69, 9.17) is 9.47 Å². The topological polar surface area (TPSA) is 52.6 Å². The second-order valence-electron chi connectivity index (χ2n) is 6.59. The first-order chi connectivity index (χ1) is 13.5. The molecule has 2 aromatic carbocycles. The van der Waals surface area contributed by atoms with E-state index >= 15 is 0 Å². The first-order valence-corrected chi connectivity index (χ1v) is 10.9. The number of esters is 2. The van der Waals surface area contributed by atoms with E-state index in [-0.39, 0.29) is 33.1 Å². The number of hydrogen-bond acceptors (Lipinski definition) is 4. The summed E-state index contributed by atoms with van der Waals surface area (Å²) in [6.07, 6.45) is 1.94. The molecule has 1 atom stereocenters. The fraction of sp³-hybridized carbons (Fsp3) is 0.273. The van der Waals surface area contributed by atoms with Crippen molar-refractivity contribution in [3.8, 4) is 0 Å². The van der Waals surface area contributed by atoms with Gasteiger partial charge in [-0.2, -0.15) is 0 Å². The standard InChI is InChI=1S/C22H21FO4Se/c1-26-20(24)22(21(25)27-2)12-16(14-28-18-6-4-3-5-7-18)19(13-22)15-8-10-17(23)11-9-15/h3-11,13,16H,12,14H2,1-2H3. The van der Waals surface area contributed by atoms with Gasteiger partial charge in [-0.25, -0.2) is 0 Å². The zero-order valence-corrected chi connectivity index (χ0v) is 17.4. The predicted molar refractivity (Wildman–Crippen MR) is 106 cm³/mol. The molecule has 2 aromatic rings. The Bertz CT molecular complexity index is 861. The minimum absolute atomic E-state index is 0.0381. The van der Waals surface area contributed by atoms with Crippen LogP contribution in [-0.2, 0) is 19.1 Å². The summed E-state index contributed by atoms with van der Waals surface area (Å²) in [6.45, 7) is 0. The SMILES string of the molecule is COC(=O)C1(C(=O)OC)C=C(c2ccc(F)cc2)C(C[Se]c2ccccc2)C1. The molecular weight excluding hydrogens is 426 g/mol. The second-order valence-corrected chi connectivity index (χ2v) is 8.88. The van der Waals surface area contributed by atoms with Crippen LogP contribution < -0.4 is 4.46 Å². The van der Waals surface area contributed by atoms with Crippen LogP contribution in [0.3, 0.4) is 0 Å². The van der Waals surface area contributed by atoms with Gasteiger partial charge >= 0.3 is 170 Å². The number of benzene rings is 2. The first kappa shape index (κ1) is 20.3. The van der Waals surface area contributed by atoms with Crippen molar-refractivity contribution in [3.05, 3.63) is 72.1 Å². The molecule has 0 bridgehead atoms. The third kappa shape index (κ3) is 4.03. The van der Waals surface area contributed by atoms with Gasteiger partial charge in [0.05, 0.1) is 0 Å². The van der Waals surface area contributed by atoms with Crippen molar-refractivity contribution in [3.63, 3.8) is 0 Å². The number of rotatable bonds is 6. The summed E-state index contributed by atoms with van der Waals surface area (Å²) >= 11 is 0.160. The summed E-state index contributed by atoms with van der Waals surface area (Å²) in [4.78, 5) is 25.1. The van der Waals surface area contributed by atoms with Crippen LogP contribution in [0.2, 0.25) is 5.32 Å². The van der Waals surface area contributed by atoms with Crippen LogP contribution in [0, 0.1) is 17.2 Å². The first-order valence-electron chi connectivity index (χ1n) is 8.83. The van der Waals surface area contributed by atoms with Gasteiger partial charge in [-0.05, 0) is 0 Å². The van der Waals surface area contributed by atoms with Crippen molar-refractivity contribution in [2.45, 2.75) is 11.7 Å². The Balaban J connectivity index is 1.97. The van der Waals surface area contributed by atoms with Crippen molar-refractivity contribution < 1.29 is 23.5 Å². The van der Waals surface area contributed by atoms with Gasteiger partial charge in [-0.15, -0.1) is 0 Å². The average Bonchev–Trinajstić information content (AvgIpc) is 3.13. The summed E-state index contributed by atoms with van der Waals surface area (Å²) < 4.78 is 24.5. The average molecular weight is 447 g/mol. The number of ether oxygens (including phenoxy) is 2. The van der Waals surface area contributed by atoms with Gasteiger partial charge in [-0.1, -0.05) is 0 Å². The van der Waals surface area contributed by atoms with Crippen LogP contribution in [0.1, 0.15) is 12.0 Å². The van der Waals surface area contributed by atoms with Crippen LogP contribution in [0.15, 0.2) is 60.7 Å². The van der Waals surface area contributed by atoms with E-state index < -0.39 is 17.4 Å². The molecule has 6 heteroatoms. The van der Waals surface area contributed by atoms with E-state index in [0.29, 0.717) is 0 Å². The van der Waals surface area contributed by atoms with E-state index in [9.17, 15) is 14.0 Å². The minimum atomic E-state index is -1.47. The number of carbonyl (C=O) groups excluding carboxylic acids is 2. The molecule has 28 heavy (non-hydrogen) atoms. The maximum absolute atomic E-state index is 13.4. The third-order valence-corrected chi connectivity index (χ3v) is 7.35. The maximum atomic E-state index is 13.4. The molecule has 0 N–H and O–H groups in total. The van der Waals surface area contributed by atoms with Gasteiger partial charge in [0, 0.05) is 0 Å². The quantitative estimate of drug-likeness (QED) is 0.388. The number of hydrogen-bond donors (Lipinski definition) is 0. The summed E-state index contributed by atoms with van der Waals surface area (Å²) in [5, 5.41) is 0.802. The molecular formula is C22H21FO4Se. The molecule has 0 spiro atoms. The van der Waals surface area contributed by atoms with Gasteiger partial charge in [0.15, 0.2) is 0 Å². The summed E-state index contributed by atoms with van der Waals surface area (Å²) in [7, 11) is 2.53. The van der Waals surface area contributed by atoms with E-state index in [0.717, 1.165) is 16.5 Å². The number of allylic oxidation sites excluding steroid dienone is 1. The fourth-order valence-corrected chi connectivity index (χ4v) is 5.68. The van der Waals surface area contributed by atoms with Crippen LogP contribution in [0.25, 0.3) is 5.57 Å². The third-order valence-electron chi connectivity index (χ3n) is 4.88. The molecule has 3 rings (SSSR count). The van der Waals surface area contributed by atoms with Crippen LogP contribution in [0.4, 0.5) is 4.39 Å². The van der Waals surface area contributed by atoms with Crippen molar-refractivity contribution in [1.29, 1.82) is 0 Å². The van der Waals surface area contributed by atoms with Crippen LogP contribution in [0.5, 0.6) is 0 Å². The van der Waals surface area contributed by atoms with E-state index in [1.807, 2.05) is 18.2 Å². The number of carbonyl (C=O) groups is 2. The summed E-state index contributed by atoms with van der Waals surface area (Å²) in [5.74, 6) is -1.63. The molecule has 0 fully saturated rings. The molecule has 0 radical (unpaired) electrons. The van der Waals surface area contributed by atoms with Crippen molar-refractivity contribution in [1.82, 2.24) is 0 Å². The molecule has 4 nitrogen and oxygen atoms in total. The normalized spacial score (nSPS) is 17.7. The molecule has 0 saturated heterocycles. The summed E-state index contributed by atoms with van der Waals surface area (Å²) in [6, 6.07) is 16.2. The Morgan fingerprint density at radius 2 is 1.64 bits per heavy atom. The second kappa shape index (κ2) is 8.72. The van der Waals surface area contributed by atoms with Crippen LogP contribution in [-0.4, -0.2) is 41.1 Å². The van der Waals surface area contributed by atoms with E-state index in [1.165, 1.54) is 30.8 Å². The van der Waals surface area contributed by atoms with Gasteiger partial charge in [0.2, 0.25) is 0 Å². The Hall–Kier alpha value is -2.43. The van der Waals surface area contributed by atoms with Crippen molar-refractivity contribution >= 4 is 36.9 Å². The Kier molecular flexibility index (Phi) is 6.32. The van der Waals surface area contributed by atoms with E-state index in [2.05, 4.69) is 12.1 Å². The van der Waals surface area contributed by atoms with Gasteiger partial charge in [-0.3, -0.25) is 0 Å². The Morgan fingerprint density at radius 3 is 2.21 bits per heavy atom. The predicted octanol–water partition coefficient (Wildman–Crippen LogP) is 3.01. The zero-order valence-electron chi connectivity index (χ0n) is 15.7. The molecule has 1 aliphatic rings. The fourth-order valence-electron chi connectivity index (χ4n) is 3.50. The van der Waals surface area contributed by atoms with Gasteiger partial charge in [0.25, 0.3) is 0 Å². The molecule has 0 amide bonds. The number of halogens is 1. The van der Waals surface area contributed by atoms with E-state index in [1.54, 1.807) is 18.2 Å². The summed E-state index contributed by atoms with van der Waals surface area (Å²) in [5.41, 5.74) is 0.184. The van der Waals surface area contributed by atoms with Gasteiger partial charge < -0.3 is 0 Å². The molecule has 1 unspecified atom stereocenters. The molecule has 146 valence electrons. The molecule has 0 aliphatic heterocycles. The number of methoxy groups -OCH3 is 2. The van der Waals surface area contributed by atoms with Crippen molar-refractivity contribution in [2.24, 2.45) is 11.3 Å². The Labute approximate surface area is 169 Å². The van der Waals surface area contributed by atoms with Gasteiger partial charge in [0.1, 0.15) is 0 Å². The van der Waals surface area contributed by atoms with Crippen LogP contribution >= 0.6 is 0 Å². The monoisotopic (exact) mass is 448 g/mol. The molecule has 0 saturated carbocycles. The zero-order chi connectivity index (χ0) is 20.1. The molecule has 1 aliphatic carbocycles. The molecule has 0 aromatic heterocycles. The van der Waals surface area contributed by atoms with Crippen molar-refractivity contribution in [2.75, 3.05) is 14.2 Å². The Morgan fingerprint density at radius 1 is 1.04 bits per heavy atom. The molecule has 0 heterocycles.